The van der Waals surface area contributed by atoms with Crippen molar-refractivity contribution in [2.24, 2.45) is 0 Å². The summed E-state index contributed by atoms with van der Waals surface area (Å²) < 4.78 is 53.8. The van der Waals surface area contributed by atoms with Crippen LogP contribution in [0, 0.1) is 0 Å². The Morgan fingerprint density at radius 2 is 2.19 bits per heavy atom. The molecule has 1 fully saturated rings. The van der Waals surface area contributed by atoms with E-state index in [4.69, 9.17) is 14.2 Å². The molecule has 1 aliphatic heterocycles. The summed E-state index contributed by atoms with van der Waals surface area (Å²) in [5.74, 6) is -2.15. The van der Waals surface area contributed by atoms with Crippen LogP contribution in [0.15, 0.2) is 40.7 Å². The van der Waals surface area contributed by atoms with Gasteiger partial charge in [0.15, 0.2) is 0 Å². The summed E-state index contributed by atoms with van der Waals surface area (Å²) in [6, 6.07) is 0. The van der Waals surface area contributed by atoms with Gasteiger partial charge in [-0.15, -0.1) is 6.58 Å². The van der Waals surface area contributed by atoms with Gasteiger partial charge in [0.05, 0.1) is 19.3 Å². The zero-order chi connectivity index (χ0) is 23.0. The molecular weight excluding hydrogens is 427 g/mol. The average molecular weight is 449 g/mol. The lowest BCUT2D eigenvalue weighted by molar-refractivity contribution is -0.172. The van der Waals surface area contributed by atoms with E-state index < -0.39 is 41.8 Å². The molecule has 3 N–H and O–H groups in total. The van der Waals surface area contributed by atoms with E-state index in [1.54, 1.807) is 0 Å². The van der Waals surface area contributed by atoms with Gasteiger partial charge in [-0.05, 0) is 6.42 Å². The predicted molar refractivity (Wildman–Crippen MR) is 99.9 cm³/mol. The highest BCUT2D eigenvalue weighted by Crippen LogP contribution is 2.29. The molecule has 2 rings (SSSR count). The van der Waals surface area contributed by atoms with Gasteiger partial charge in [-0.3, -0.25) is 19.1 Å². The number of hydrogen-bond donors (Lipinski definition) is 3. The number of hydrogen-bond acceptors (Lipinski definition) is 7. The van der Waals surface area contributed by atoms with Gasteiger partial charge in [0.1, 0.15) is 19.1 Å². The molecule has 172 valence electrons. The fourth-order valence-electron chi connectivity index (χ4n) is 2.77. The second kappa shape index (κ2) is 11.0. The van der Waals surface area contributed by atoms with Gasteiger partial charge in [-0.2, -0.15) is 13.2 Å². The van der Waals surface area contributed by atoms with Crippen LogP contribution in [0.3, 0.4) is 0 Å². The van der Waals surface area contributed by atoms with Crippen LogP contribution in [0.25, 0.3) is 0 Å². The third kappa shape index (κ3) is 6.89. The maximum Gasteiger partial charge on any atom is 0.471 e. The molecule has 0 radical (unpaired) electrons. The maximum atomic E-state index is 12.2. The van der Waals surface area contributed by atoms with E-state index in [1.165, 1.54) is 17.6 Å². The van der Waals surface area contributed by atoms with Crippen LogP contribution in [0.1, 0.15) is 18.2 Å². The van der Waals surface area contributed by atoms with Crippen molar-refractivity contribution < 1.29 is 37.3 Å². The molecule has 31 heavy (non-hydrogen) atoms. The van der Waals surface area contributed by atoms with E-state index in [1.807, 2.05) is 0 Å². The lowest BCUT2D eigenvalue weighted by atomic mass is 10.2. The van der Waals surface area contributed by atoms with E-state index in [-0.39, 0.29) is 38.4 Å². The summed E-state index contributed by atoms with van der Waals surface area (Å²) in [6.45, 7) is 3.30. The van der Waals surface area contributed by atoms with Crippen LogP contribution in [0.5, 0.6) is 0 Å². The Kier molecular flexibility index (Phi) is 8.74. The number of carbonyl (C=O) groups is 1. The Balaban J connectivity index is 2.08. The summed E-state index contributed by atoms with van der Waals surface area (Å²) in [5, 5.41) is 11.0. The molecule has 0 spiro atoms. The molecule has 0 aromatic carbocycles. The number of H-pyrrole nitrogens is 1. The largest absolute Gasteiger partial charge is 0.471 e. The van der Waals surface area contributed by atoms with Crippen LogP contribution in [0.4, 0.5) is 13.2 Å². The number of aromatic nitrogens is 2. The van der Waals surface area contributed by atoms with Crippen molar-refractivity contribution in [3.05, 3.63) is 57.5 Å². The number of aromatic amines is 1. The number of alkyl halides is 3. The molecule has 1 aromatic rings. The molecule has 0 unspecified atom stereocenters. The standard InChI is InChI=1S/C18H22F3N3O7/c1-2-6-29-10-30-12-7-14(31-13(12)9-25)24-8-11(15(26)23-17(24)28)4-3-5-22-16(27)18(19,20)21/h2-3,5,8,12-14,25H,1,4,6-7,9-10H2,(H,22,27)(H,23,26,28)/t12-,13+,14+/m0/s1. The Morgan fingerprint density at radius 1 is 1.45 bits per heavy atom. The third-order valence-corrected chi connectivity index (χ3v) is 4.24. The molecule has 1 aliphatic rings. The first-order chi connectivity index (χ1) is 14.7. The van der Waals surface area contributed by atoms with Gasteiger partial charge < -0.3 is 24.6 Å². The van der Waals surface area contributed by atoms with E-state index in [0.717, 1.165) is 16.8 Å². The van der Waals surface area contributed by atoms with Gasteiger partial charge in [0.25, 0.3) is 5.56 Å². The van der Waals surface area contributed by atoms with Gasteiger partial charge in [-0.25, -0.2) is 4.79 Å². The Hall–Kier alpha value is -2.74. The van der Waals surface area contributed by atoms with Crippen molar-refractivity contribution in [3.63, 3.8) is 0 Å². The number of nitrogens with zero attached hydrogens (tertiary/aromatic N) is 1. The summed E-state index contributed by atoms with van der Waals surface area (Å²) in [7, 11) is 0. The number of nitrogens with one attached hydrogen (secondary N) is 2. The zero-order valence-corrected chi connectivity index (χ0v) is 16.3. The minimum absolute atomic E-state index is 0.0416. The number of ether oxygens (including phenoxy) is 3. The summed E-state index contributed by atoms with van der Waals surface area (Å²) in [6.07, 6.45) is -2.60. The van der Waals surface area contributed by atoms with Gasteiger partial charge in [0.2, 0.25) is 0 Å². The Bertz CT molecular complexity index is 910. The molecule has 10 nitrogen and oxygen atoms in total. The quantitative estimate of drug-likeness (QED) is 0.262. The highest BCUT2D eigenvalue weighted by atomic mass is 19.4. The first-order valence-corrected chi connectivity index (χ1v) is 9.11. The SMILES string of the molecule is C=CCOCO[C@H]1C[C@H](n2cc(CC=CNC(=O)C(F)(F)F)c(=O)[nH]c2=O)O[C@@H]1CO. The van der Waals surface area contributed by atoms with Crippen LogP contribution in [0.2, 0.25) is 0 Å². The summed E-state index contributed by atoms with van der Waals surface area (Å²) in [5.41, 5.74) is -1.47. The van der Waals surface area contributed by atoms with Crippen molar-refractivity contribution in [2.45, 2.75) is 37.5 Å². The number of aliphatic hydroxyl groups is 1. The second-order valence-corrected chi connectivity index (χ2v) is 6.43. The minimum atomic E-state index is -5.03. The topological polar surface area (TPSA) is 132 Å². The zero-order valence-electron chi connectivity index (χ0n) is 16.3. The molecule has 0 bridgehead atoms. The highest BCUT2D eigenvalue weighted by molar-refractivity contribution is 5.82. The van der Waals surface area contributed by atoms with Crippen molar-refractivity contribution in [1.29, 1.82) is 0 Å². The lowest BCUT2D eigenvalue weighted by Crippen LogP contribution is -2.34. The van der Waals surface area contributed by atoms with Crippen molar-refractivity contribution in [2.75, 3.05) is 20.0 Å². The van der Waals surface area contributed by atoms with Gasteiger partial charge >= 0.3 is 17.8 Å². The molecule has 2 heterocycles. The van der Waals surface area contributed by atoms with Crippen LogP contribution < -0.4 is 16.6 Å². The van der Waals surface area contributed by atoms with E-state index in [2.05, 4.69) is 11.6 Å². The monoisotopic (exact) mass is 449 g/mol. The summed E-state index contributed by atoms with van der Waals surface area (Å²) >= 11 is 0. The molecule has 1 amide bonds. The minimum Gasteiger partial charge on any atom is -0.394 e. The predicted octanol–water partition coefficient (Wildman–Crippen LogP) is 0.0964. The third-order valence-electron chi connectivity index (χ3n) is 4.24. The van der Waals surface area contributed by atoms with Crippen molar-refractivity contribution in [1.82, 2.24) is 14.9 Å². The van der Waals surface area contributed by atoms with Crippen molar-refractivity contribution in [3.8, 4) is 0 Å². The number of aliphatic hydroxyl groups excluding tert-OH is 1. The normalized spacial score (nSPS) is 21.5. The summed E-state index contributed by atoms with van der Waals surface area (Å²) in [4.78, 5) is 37.0. The average Bonchev–Trinajstić information content (AvgIpc) is 3.11. The molecular formula is C18H22F3N3O7. The van der Waals surface area contributed by atoms with E-state index in [0.29, 0.717) is 0 Å². The number of halogens is 3. The first kappa shape index (κ1) is 24.5. The highest BCUT2D eigenvalue weighted by Gasteiger charge is 2.38. The van der Waals surface area contributed by atoms with Crippen molar-refractivity contribution >= 4 is 5.91 Å². The molecule has 0 aliphatic carbocycles. The Morgan fingerprint density at radius 3 is 2.84 bits per heavy atom. The number of amides is 1. The number of allylic oxidation sites excluding steroid dienone is 1. The van der Waals surface area contributed by atoms with Crippen LogP contribution in [-0.2, 0) is 25.4 Å². The van der Waals surface area contributed by atoms with Crippen LogP contribution in [-0.4, -0.2) is 59.0 Å². The molecule has 1 aromatic heterocycles. The van der Waals surface area contributed by atoms with E-state index in [9.17, 15) is 32.7 Å². The Labute approximate surface area is 173 Å². The smallest absolute Gasteiger partial charge is 0.394 e. The van der Waals surface area contributed by atoms with Crippen LogP contribution >= 0.6 is 0 Å². The second-order valence-electron chi connectivity index (χ2n) is 6.43. The fraction of sp³-hybridized carbons (Fsp3) is 0.500. The molecule has 3 atom stereocenters. The van der Waals surface area contributed by atoms with E-state index >= 15 is 0 Å². The first-order valence-electron chi connectivity index (χ1n) is 9.11. The molecule has 13 heteroatoms. The molecule has 1 saturated heterocycles. The fourth-order valence-corrected chi connectivity index (χ4v) is 2.77. The van der Waals surface area contributed by atoms with Gasteiger partial charge in [-0.1, -0.05) is 12.2 Å². The number of rotatable bonds is 10. The van der Waals surface area contributed by atoms with Gasteiger partial charge in [0, 0.05) is 24.4 Å². The number of carbonyl (C=O) groups excluding carboxylic acids is 1. The lowest BCUT2D eigenvalue weighted by Gasteiger charge is -2.16. The maximum absolute atomic E-state index is 12.2. The molecule has 0 saturated carbocycles.